The molecular weight excluding hydrogens is 366 g/mol. The van der Waals surface area contributed by atoms with Gasteiger partial charge in [-0.1, -0.05) is 41.9 Å². The number of carbonyl (C=O) groups is 2. The highest BCUT2D eigenvalue weighted by Crippen LogP contribution is 2.30. The fourth-order valence-corrected chi connectivity index (χ4v) is 3.36. The number of amides is 1. The first-order valence-corrected chi connectivity index (χ1v) is 8.91. The van der Waals surface area contributed by atoms with Crippen molar-refractivity contribution in [2.45, 2.75) is 6.42 Å². The van der Waals surface area contributed by atoms with Crippen LogP contribution in [0.1, 0.15) is 16.1 Å². The molecule has 5 nitrogen and oxygen atoms in total. The molecule has 0 N–H and O–H groups in total. The second kappa shape index (κ2) is 7.29. The Balaban J connectivity index is 1.41. The lowest BCUT2D eigenvalue weighted by Crippen LogP contribution is -2.33. The van der Waals surface area contributed by atoms with Gasteiger partial charge in [-0.3, -0.25) is 4.79 Å². The number of ether oxygens (including phenoxy) is 1. The van der Waals surface area contributed by atoms with E-state index >= 15 is 0 Å². The van der Waals surface area contributed by atoms with Gasteiger partial charge in [-0.05, 0) is 42.3 Å². The molecule has 0 saturated carbocycles. The Hall–Kier alpha value is -3.05. The monoisotopic (exact) mass is 381 g/mol. The third kappa shape index (κ3) is 3.46. The number of furan rings is 1. The molecule has 27 heavy (non-hydrogen) atoms. The van der Waals surface area contributed by atoms with Gasteiger partial charge in [0.05, 0.1) is 5.02 Å². The van der Waals surface area contributed by atoms with Crippen LogP contribution in [0.2, 0.25) is 5.02 Å². The van der Waals surface area contributed by atoms with Gasteiger partial charge in [0.1, 0.15) is 5.76 Å². The second-order valence-electron chi connectivity index (χ2n) is 6.14. The first-order chi connectivity index (χ1) is 13.1. The second-order valence-corrected chi connectivity index (χ2v) is 6.55. The lowest BCUT2D eigenvalue weighted by atomic mass is 10.2. The molecule has 0 saturated heterocycles. The number of para-hydroxylation sites is 1. The average molecular weight is 382 g/mol. The molecule has 0 aliphatic carbocycles. The van der Waals surface area contributed by atoms with Crippen LogP contribution in [-0.2, 0) is 16.0 Å². The molecule has 2 heterocycles. The van der Waals surface area contributed by atoms with Crippen molar-refractivity contribution in [3.05, 3.63) is 77.0 Å². The number of halogens is 1. The SMILES string of the molecule is O=C(OCC(=O)N1CCc2ccccc21)c1ccc(-c2ccccc2Cl)o1. The largest absolute Gasteiger partial charge is 0.450 e. The molecule has 0 unspecified atom stereocenters. The first-order valence-electron chi connectivity index (χ1n) is 8.53. The standard InChI is InChI=1S/C21H16ClNO4/c22-16-7-3-2-6-15(16)18-9-10-19(27-18)21(25)26-13-20(24)23-12-11-14-5-1-4-8-17(14)23/h1-10H,11-13H2. The molecule has 6 heteroatoms. The van der Waals surface area contributed by atoms with Crippen molar-refractivity contribution < 1.29 is 18.7 Å². The molecule has 136 valence electrons. The number of benzene rings is 2. The number of fused-ring (bicyclic) bond motifs is 1. The number of hydrogen-bond acceptors (Lipinski definition) is 4. The molecule has 0 bridgehead atoms. The third-order valence-electron chi connectivity index (χ3n) is 4.46. The molecule has 4 rings (SSSR count). The summed E-state index contributed by atoms with van der Waals surface area (Å²) in [4.78, 5) is 26.3. The first kappa shape index (κ1) is 17.4. The minimum atomic E-state index is -0.686. The van der Waals surface area contributed by atoms with Crippen LogP contribution in [0, 0.1) is 0 Å². The van der Waals surface area contributed by atoms with Crippen molar-refractivity contribution >= 4 is 29.2 Å². The van der Waals surface area contributed by atoms with Gasteiger partial charge in [-0.2, -0.15) is 0 Å². The minimum Gasteiger partial charge on any atom is -0.450 e. The van der Waals surface area contributed by atoms with Crippen LogP contribution >= 0.6 is 11.6 Å². The van der Waals surface area contributed by atoms with Crippen molar-refractivity contribution in [2.75, 3.05) is 18.1 Å². The van der Waals surface area contributed by atoms with E-state index in [9.17, 15) is 9.59 Å². The zero-order valence-electron chi connectivity index (χ0n) is 14.4. The van der Waals surface area contributed by atoms with E-state index in [4.69, 9.17) is 20.8 Å². The van der Waals surface area contributed by atoms with Crippen molar-refractivity contribution in [1.82, 2.24) is 0 Å². The normalized spacial score (nSPS) is 12.7. The molecule has 1 amide bonds. The summed E-state index contributed by atoms with van der Waals surface area (Å²) < 4.78 is 10.7. The van der Waals surface area contributed by atoms with Crippen LogP contribution in [0.4, 0.5) is 5.69 Å². The number of carbonyl (C=O) groups excluding carboxylic acids is 2. The van der Waals surface area contributed by atoms with Gasteiger partial charge in [0.15, 0.2) is 6.61 Å². The summed E-state index contributed by atoms with van der Waals surface area (Å²) in [6, 6.07) is 18.1. The Morgan fingerprint density at radius 1 is 1.04 bits per heavy atom. The summed E-state index contributed by atoms with van der Waals surface area (Å²) in [7, 11) is 0. The smallest absolute Gasteiger partial charge is 0.374 e. The van der Waals surface area contributed by atoms with Crippen LogP contribution < -0.4 is 4.90 Å². The topological polar surface area (TPSA) is 59.8 Å². The Morgan fingerprint density at radius 2 is 1.81 bits per heavy atom. The third-order valence-corrected chi connectivity index (χ3v) is 4.79. The zero-order chi connectivity index (χ0) is 18.8. The maximum absolute atomic E-state index is 12.4. The van der Waals surface area contributed by atoms with Crippen LogP contribution in [0.5, 0.6) is 0 Å². The lowest BCUT2D eigenvalue weighted by molar-refractivity contribution is -0.121. The molecule has 0 fully saturated rings. The van der Waals surface area contributed by atoms with Crippen molar-refractivity contribution in [2.24, 2.45) is 0 Å². The van der Waals surface area contributed by atoms with Gasteiger partial charge in [0.2, 0.25) is 5.76 Å². The molecule has 1 aliphatic rings. The van der Waals surface area contributed by atoms with Crippen LogP contribution in [0.15, 0.2) is 65.1 Å². The van der Waals surface area contributed by atoms with Gasteiger partial charge >= 0.3 is 5.97 Å². The van der Waals surface area contributed by atoms with Crippen molar-refractivity contribution in [3.63, 3.8) is 0 Å². The highest BCUT2D eigenvalue weighted by Gasteiger charge is 2.25. The van der Waals surface area contributed by atoms with Gasteiger partial charge in [0, 0.05) is 17.8 Å². The fourth-order valence-electron chi connectivity index (χ4n) is 3.13. The van der Waals surface area contributed by atoms with Gasteiger partial charge < -0.3 is 14.1 Å². The van der Waals surface area contributed by atoms with Gasteiger partial charge in [-0.25, -0.2) is 4.79 Å². The van der Waals surface area contributed by atoms with Crippen LogP contribution in [0.25, 0.3) is 11.3 Å². The minimum absolute atomic E-state index is 0.0274. The van der Waals surface area contributed by atoms with Crippen molar-refractivity contribution in [3.8, 4) is 11.3 Å². The number of anilines is 1. The number of rotatable bonds is 4. The molecular formula is C21H16ClNO4. The zero-order valence-corrected chi connectivity index (χ0v) is 15.1. The van der Waals surface area contributed by atoms with Crippen LogP contribution in [0.3, 0.4) is 0 Å². The average Bonchev–Trinajstić information content (AvgIpc) is 3.33. The van der Waals surface area contributed by atoms with E-state index in [1.165, 1.54) is 6.07 Å². The Morgan fingerprint density at radius 3 is 2.67 bits per heavy atom. The summed E-state index contributed by atoms with van der Waals surface area (Å²) in [5, 5.41) is 0.523. The van der Waals surface area contributed by atoms with Gasteiger partial charge in [-0.15, -0.1) is 0 Å². The van der Waals surface area contributed by atoms with E-state index in [1.807, 2.05) is 36.4 Å². The Bertz CT molecular complexity index is 1010. The number of hydrogen-bond donors (Lipinski definition) is 0. The van der Waals surface area contributed by atoms with Crippen molar-refractivity contribution in [1.29, 1.82) is 0 Å². The lowest BCUT2D eigenvalue weighted by Gasteiger charge is -2.16. The van der Waals surface area contributed by atoms with E-state index < -0.39 is 5.97 Å². The predicted molar refractivity (Wildman–Crippen MR) is 102 cm³/mol. The highest BCUT2D eigenvalue weighted by molar-refractivity contribution is 6.33. The maximum Gasteiger partial charge on any atom is 0.374 e. The molecule has 1 aromatic heterocycles. The highest BCUT2D eigenvalue weighted by atomic mass is 35.5. The molecule has 0 atom stereocenters. The summed E-state index contributed by atoms with van der Waals surface area (Å²) in [6.45, 7) is 0.252. The molecule has 1 aliphatic heterocycles. The molecule has 0 radical (unpaired) electrons. The van der Waals surface area contributed by atoms with Crippen LogP contribution in [-0.4, -0.2) is 25.0 Å². The van der Waals surface area contributed by atoms with E-state index in [0.29, 0.717) is 22.9 Å². The van der Waals surface area contributed by atoms with E-state index in [2.05, 4.69) is 0 Å². The van der Waals surface area contributed by atoms with E-state index in [0.717, 1.165) is 17.7 Å². The maximum atomic E-state index is 12.4. The Kier molecular flexibility index (Phi) is 4.69. The van der Waals surface area contributed by atoms with Gasteiger partial charge in [0.25, 0.3) is 5.91 Å². The summed E-state index contributed by atoms with van der Waals surface area (Å²) in [5.74, 6) is -0.452. The number of nitrogens with zero attached hydrogens (tertiary/aromatic N) is 1. The summed E-state index contributed by atoms with van der Waals surface area (Å²) in [6.07, 6.45) is 0.801. The quantitative estimate of drug-likeness (QED) is 0.630. The molecule has 3 aromatic rings. The van der Waals surface area contributed by atoms with E-state index in [1.54, 1.807) is 23.1 Å². The fraction of sp³-hybridized carbons (Fsp3) is 0.143. The summed E-state index contributed by atoms with van der Waals surface area (Å²) in [5.41, 5.74) is 2.67. The molecule has 0 spiro atoms. The predicted octanol–water partition coefficient (Wildman–Crippen LogP) is 4.35. The number of esters is 1. The summed E-state index contributed by atoms with van der Waals surface area (Å²) >= 11 is 6.14. The van der Waals surface area contributed by atoms with E-state index in [-0.39, 0.29) is 18.3 Å². The molecule has 2 aromatic carbocycles. The Labute approximate surface area is 161 Å².